The predicted octanol–water partition coefficient (Wildman–Crippen LogP) is 5.68. The van der Waals surface area contributed by atoms with Gasteiger partial charge in [-0.1, -0.05) is 38.5 Å². The number of carbonyl (C=O) groups excluding carboxylic acids is 2. The molecule has 0 aromatic heterocycles. The van der Waals surface area contributed by atoms with Gasteiger partial charge in [0.25, 0.3) is 0 Å². The molecule has 3 N–H and O–H groups in total. The maximum Gasteiger partial charge on any atom is 0.338 e. The number of unbranched alkanes of at least 4 members (excludes halogenated alkanes) is 7. The molecule has 36 heavy (non-hydrogen) atoms. The fraction of sp³-hybridized carbons (Fsp3) is 0.630. The van der Waals surface area contributed by atoms with Crippen molar-refractivity contribution < 1.29 is 34.1 Å². The molecule has 0 heterocycles. The van der Waals surface area contributed by atoms with Crippen molar-refractivity contribution in [2.45, 2.75) is 108 Å². The van der Waals surface area contributed by atoms with Gasteiger partial charge in [0.05, 0.1) is 5.56 Å². The van der Waals surface area contributed by atoms with Gasteiger partial charge < -0.3 is 20.3 Å². The van der Waals surface area contributed by atoms with Crippen LogP contribution in [0.1, 0.15) is 102 Å². The van der Waals surface area contributed by atoms with Crippen molar-refractivity contribution in [1.82, 2.24) is 5.32 Å². The molecule has 0 radical (unpaired) electrons. The summed E-state index contributed by atoms with van der Waals surface area (Å²) >= 11 is 1.79. The van der Waals surface area contributed by atoms with E-state index in [2.05, 4.69) is 5.32 Å². The molecule has 0 aliphatic rings. The van der Waals surface area contributed by atoms with Crippen molar-refractivity contribution in [3.63, 3.8) is 0 Å². The van der Waals surface area contributed by atoms with E-state index in [0.717, 1.165) is 49.2 Å². The molecule has 1 aromatic rings. The van der Waals surface area contributed by atoms with Crippen LogP contribution in [0.5, 0.6) is 0 Å². The van der Waals surface area contributed by atoms with Crippen molar-refractivity contribution in [3.05, 3.63) is 29.8 Å². The summed E-state index contributed by atoms with van der Waals surface area (Å²) < 4.78 is 5.38. The number of esters is 1. The van der Waals surface area contributed by atoms with Crippen molar-refractivity contribution in [2.24, 2.45) is 0 Å². The standard InChI is InChI=1S/C27H41NO7S/c1-27(2,3)35-26(34)20-13-15-21(16-14-20)36-19-11-9-7-5-4-6-8-10-12-23(29)28-22(25(32)33)17-18-24(30)31/h13-16,22H,4-12,17-19H2,1-3H3,(H,28,29)(H,30,31)(H,32,33). The van der Waals surface area contributed by atoms with Gasteiger partial charge in [-0.15, -0.1) is 11.8 Å². The van der Waals surface area contributed by atoms with Gasteiger partial charge in [-0.25, -0.2) is 9.59 Å². The average molecular weight is 524 g/mol. The molecule has 0 bridgehead atoms. The quantitative estimate of drug-likeness (QED) is 0.127. The molecule has 1 amide bonds. The number of ether oxygens (including phenoxy) is 1. The van der Waals surface area contributed by atoms with Crippen molar-refractivity contribution in [2.75, 3.05) is 5.75 Å². The first-order valence-electron chi connectivity index (χ1n) is 12.7. The van der Waals surface area contributed by atoms with Gasteiger partial charge in [-0.05, 0) is 70.1 Å². The van der Waals surface area contributed by atoms with Crippen LogP contribution in [0, 0.1) is 0 Å². The van der Waals surface area contributed by atoms with Crippen LogP contribution in [-0.4, -0.2) is 51.4 Å². The maximum absolute atomic E-state index is 12.1. The molecule has 9 heteroatoms. The molecule has 0 aliphatic carbocycles. The van der Waals surface area contributed by atoms with Gasteiger partial charge in [-0.2, -0.15) is 0 Å². The van der Waals surface area contributed by atoms with E-state index in [9.17, 15) is 19.2 Å². The number of hydrogen-bond donors (Lipinski definition) is 3. The summed E-state index contributed by atoms with van der Waals surface area (Å²) in [7, 11) is 0. The van der Waals surface area contributed by atoms with Crippen LogP contribution in [0.25, 0.3) is 0 Å². The molecule has 0 saturated carbocycles. The minimum atomic E-state index is -1.21. The van der Waals surface area contributed by atoms with E-state index in [1.54, 1.807) is 11.8 Å². The number of carboxylic acids is 2. The number of hydrogen-bond acceptors (Lipinski definition) is 6. The lowest BCUT2D eigenvalue weighted by Gasteiger charge is -2.19. The maximum atomic E-state index is 12.1. The zero-order valence-electron chi connectivity index (χ0n) is 21.7. The van der Waals surface area contributed by atoms with Crippen LogP contribution >= 0.6 is 11.8 Å². The van der Waals surface area contributed by atoms with Gasteiger partial charge in [0.2, 0.25) is 5.91 Å². The fourth-order valence-corrected chi connectivity index (χ4v) is 4.37. The number of amides is 1. The van der Waals surface area contributed by atoms with Crippen molar-refractivity contribution in [3.8, 4) is 0 Å². The van der Waals surface area contributed by atoms with E-state index < -0.39 is 23.6 Å². The molecule has 1 aromatic carbocycles. The second-order valence-corrected chi connectivity index (χ2v) is 11.0. The normalized spacial score (nSPS) is 12.1. The molecule has 0 aliphatic heterocycles. The molecule has 0 fully saturated rings. The lowest BCUT2D eigenvalue weighted by atomic mass is 10.1. The number of carboxylic acid groups (broad SMARTS) is 2. The molecule has 1 atom stereocenters. The topological polar surface area (TPSA) is 130 Å². The van der Waals surface area contributed by atoms with E-state index in [-0.39, 0.29) is 31.1 Å². The van der Waals surface area contributed by atoms with Gasteiger partial charge in [0.1, 0.15) is 11.6 Å². The minimum Gasteiger partial charge on any atom is -0.481 e. The zero-order valence-corrected chi connectivity index (χ0v) is 22.5. The first-order valence-corrected chi connectivity index (χ1v) is 13.7. The van der Waals surface area contributed by atoms with Gasteiger partial charge >= 0.3 is 17.9 Å². The lowest BCUT2D eigenvalue weighted by molar-refractivity contribution is -0.143. The number of rotatable bonds is 18. The molecule has 1 rings (SSSR count). The first-order chi connectivity index (χ1) is 17.0. The highest BCUT2D eigenvalue weighted by atomic mass is 32.2. The van der Waals surface area contributed by atoms with E-state index in [0.29, 0.717) is 12.0 Å². The van der Waals surface area contributed by atoms with Crippen molar-refractivity contribution in [1.29, 1.82) is 0 Å². The van der Waals surface area contributed by atoms with Crippen LogP contribution in [-0.2, 0) is 19.1 Å². The van der Waals surface area contributed by atoms with E-state index in [1.165, 1.54) is 6.42 Å². The summed E-state index contributed by atoms with van der Waals surface area (Å²) in [5.41, 5.74) is 0.0650. The first kappa shape index (κ1) is 31.5. The molecule has 0 saturated heterocycles. The lowest BCUT2D eigenvalue weighted by Crippen LogP contribution is -2.41. The monoisotopic (exact) mass is 523 g/mol. The second kappa shape index (κ2) is 17.0. The minimum absolute atomic E-state index is 0.116. The number of thioether (sulfide) groups is 1. The Balaban J connectivity index is 2.05. The van der Waals surface area contributed by atoms with Crippen LogP contribution in [0.2, 0.25) is 0 Å². The Labute approximate surface area is 218 Å². The third-order valence-corrected chi connectivity index (χ3v) is 6.43. The SMILES string of the molecule is CC(C)(C)OC(=O)c1ccc(SCCCCCCCCCCC(=O)NC(CCC(=O)O)C(=O)O)cc1. The third-order valence-electron chi connectivity index (χ3n) is 5.34. The van der Waals surface area contributed by atoms with Crippen LogP contribution in [0.4, 0.5) is 0 Å². The molecule has 1 unspecified atom stereocenters. The van der Waals surface area contributed by atoms with Gasteiger partial charge in [0.15, 0.2) is 0 Å². The predicted molar refractivity (Wildman–Crippen MR) is 140 cm³/mol. The Kier molecular flexibility index (Phi) is 14.9. The summed E-state index contributed by atoms with van der Waals surface area (Å²) in [4.78, 5) is 46.8. The zero-order chi connectivity index (χ0) is 27.0. The highest BCUT2D eigenvalue weighted by Gasteiger charge is 2.20. The highest BCUT2D eigenvalue weighted by molar-refractivity contribution is 7.99. The van der Waals surface area contributed by atoms with E-state index >= 15 is 0 Å². The fourth-order valence-electron chi connectivity index (χ4n) is 3.45. The Morgan fingerprint density at radius 1 is 0.861 bits per heavy atom. The Morgan fingerprint density at radius 2 is 1.42 bits per heavy atom. The van der Waals surface area contributed by atoms with Gasteiger partial charge in [-0.3, -0.25) is 9.59 Å². The van der Waals surface area contributed by atoms with E-state index in [4.69, 9.17) is 14.9 Å². The summed E-state index contributed by atoms with van der Waals surface area (Å²) in [6, 6.07) is 6.39. The van der Waals surface area contributed by atoms with Crippen molar-refractivity contribution >= 4 is 35.6 Å². The summed E-state index contributed by atoms with van der Waals surface area (Å²) in [5, 5.41) is 20.1. The second-order valence-electron chi connectivity index (χ2n) is 9.84. The highest BCUT2D eigenvalue weighted by Crippen LogP contribution is 2.22. The Bertz CT molecular complexity index is 834. The number of nitrogens with one attached hydrogen (secondary N) is 1. The number of aliphatic carboxylic acids is 2. The summed E-state index contributed by atoms with van der Waals surface area (Å²) in [5.74, 6) is -1.91. The molecule has 0 spiro atoms. The number of carbonyl (C=O) groups is 4. The Morgan fingerprint density at radius 3 is 1.94 bits per heavy atom. The molecule has 202 valence electrons. The largest absolute Gasteiger partial charge is 0.481 e. The summed E-state index contributed by atoms with van der Waals surface area (Å²) in [6.45, 7) is 5.56. The number of benzene rings is 1. The van der Waals surface area contributed by atoms with E-state index in [1.807, 2.05) is 45.0 Å². The Hall–Kier alpha value is -2.55. The summed E-state index contributed by atoms with van der Waals surface area (Å²) in [6.07, 6.45) is 8.21. The molecular formula is C27H41NO7S. The van der Waals surface area contributed by atoms with Gasteiger partial charge in [0, 0.05) is 17.7 Å². The van der Waals surface area contributed by atoms with Crippen LogP contribution in [0.15, 0.2) is 29.2 Å². The van der Waals surface area contributed by atoms with Crippen LogP contribution in [0.3, 0.4) is 0 Å². The van der Waals surface area contributed by atoms with Crippen LogP contribution < -0.4 is 5.32 Å². The third kappa shape index (κ3) is 15.4. The smallest absolute Gasteiger partial charge is 0.338 e. The average Bonchev–Trinajstić information content (AvgIpc) is 2.79. The molecular weight excluding hydrogens is 482 g/mol. The molecule has 8 nitrogen and oxygen atoms in total.